The number of rotatable bonds is 3. The smallest absolute Gasteiger partial charge is 0.211 e. The Morgan fingerprint density at radius 3 is 2.67 bits per heavy atom. The lowest BCUT2D eigenvalue weighted by Gasteiger charge is -2.40. The second kappa shape index (κ2) is 5.41. The molecule has 21 heavy (non-hydrogen) atoms. The molecule has 1 aromatic heterocycles. The molecule has 0 amide bonds. The van der Waals surface area contributed by atoms with Gasteiger partial charge in [-0.15, -0.1) is 0 Å². The summed E-state index contributed by atoms with van der Waals surface area (Å²) in [4.78, 5) is 2.41. The fourth-order valence-electron chi connectivity index (χ4n) is 3.75. The van der Waals surface area contributed by atoms with Crippen molar-refractivity contribution in [2.75, 3.05) is 32.4 Å². The van der Waals surface area contributed by atoms with E-state index in [1.54, 1.807) is 4.31 Å². The zero-order valence-corrected chi connectivity index (χ0v) is 13.7. The van der Waals surface area contributed by atoms with Crippen molar-refractivity contribution in [1.29, 1.82) is 0 Å². The van der Waals surface area contributed by atoms with E-state index >= 15 is 0 Å². The molecule has 1 atom stereocenters. The molecule has 3 rings (SSSR count). The first-order valence-corrected chi connectivity index (χ1v) is 9.44. The van der Waals surface area contributed by atoms with Crippen LogP contribution in [0.2, 0.25) is 0 Å². The van der Waals surface area contributed by atoms with Crippen LogP contribution in [-0.2, 0) is 16.6 Å². The molecule has 0 N–H and O–H groups in total. The van der Waals surface area contributed by atoms with Gasteiger partial charge in [-0.3, -0.25) is 4.90 Å². The van der Waals surface area contributed by atoms with Crippen LogP contribution in [0.5, 0.6) is 0 Å². The first-order chi connectivity index (χ1) is 9.86. The first kappa shape index (κ1) is 15.1. The van der Waals surface area contributed by atoms with Crippen molar-refractivity contribution in [3.63, 3.8) is 0 Å². The van der Waals surface area contributed by atoms with E-state index in [0.717, 1.165) is 50.4 Å². The molecular formula is C15H24N2O3S. The number of nitrogens with zero attached hydrogens (tertiary/aromatic N) is 2. The Kier molecular flexibility index (Phi) is 3.88. The average molecular weight is 312 g/mol. The van der Waals surface area contributed by atoms with Crippen molar-refractivity contribution in [2.45, 2.75) is 32.7 Å². The van der Waals surface area contributed by atoms with Crippen LogP contribution in [-0.4, -0.2) is 50.1 Å². The van der Waals surface area contributed by atoms with Crippen molar-refractivity contribution in [1.82, 2.24) is 9.21 Å². The minimum atomic E-state index is -3.05. The highest BCUT2D eigenvalue weighted by molar-refractivity contribution is 7.88. The summed E-state index contributed by atoms with van der Waals surface area (Å²) in [6, 6.07) is 4.03. The molecule has 0 aromatic carbocycles. The van der Waals surface area contributed by atoms with Gasteiger partial charge in [0.25, 0.3) is 0 Å². The third-order valence-corrected chi connectivity index (χ3v) is 6.04. The Morgan fingerprint density at radius 2 is 2.05 bits per heavy atom. The Hall–Kier alpha value is -0.850. The summed E-state index contributed by atoms with van der Waals surface area (Å²) in [5.41, 5.74) is 0.142. The van der Waals surface area contributed by atoms with E-state index in [-0.39, 0.29) is 5.41 Å². The average Bonchev–Trinajstić information content (AvgIpc) is 2.97. The molecule has 2 aliphatic rings. The Balaban J connectivity index is 1.66. The lowest BCUT2D eigenvalue weighted by atomic mass is 9.79. The van der Waals surface area contributed by atoms with E-state index in [1.165, 1.54) is 6.26 Å². The number of hydrogen-bond donors (Lipinski definition) is 0. The van der Waals surface area contributed by atoms with Gasteiger partial charge < -0.3 is 4.42 Å². The van der Waals surface area contributed by atoms with E-state index < -0.39 is 10.0 Å². The number of furan rings is 1. The van der Waals surface area contributed by atoms with Gasteiger partial charge in [-0.2, -0.15) is 0 Å². The zero-order chi connectivity index (χ0) is 15.1. The minimum absolute atomic E-state index is 0.142. The van der Waals surface area contributed by atoms with E-state index in [9.17, 15) is 8.42 Å². The second-order valence-corrected chi connectivity index (χ2v) is 8.66. The predicted molar refractivity (Wildman–Crippen MR) is 81.4 cm³/mol. The van der Waals surface area contributed by atoms with E-state index in [0.29, 0.717) is 13.1 Å². The maximum atomic E-state index is 11.7. The zero-order valence-electron chi connectivity index (χ0n) is 12.8. The Bertz CT molecular complexity index is 610. The van der Waals surface area contributed by atoms with E-state index in [2.05, 4.69) is 4.90 Å². The van der Waals surface area contributed by atoms with Crippen LogP contribution in [0.25, 0.3) is 0 Å². The maximum absolute atomic E-state index is 11.7. The molecule has 2 fully saturated rings. The first-order valence-electron chi connectivity index (χ1n) is 7.59. The van der Waals surface area contributed by atoms with Crippen LogP contribution < -0.4 is 0 Å². The molecule has 5 nitrogen and oxygen atoms in total. The lowest BCUT2D eigenvalue weighted by Crippen LogP contribution is -2.44. The minimum Gasteiger partial charge on any atom is -0.465 e. The number of aryl methyl sites for hydroxylation is 1. The van der Waals surface area contributed by atoms with Gasteiger partial charge in [0.15, 0.2) is 0 Å². The summed E-state index contributed by atoms with van der Waals surface area (Å²) in [6.45, 7) is 6.18. The quantitative estimate of drug-likeness (QED) is 0.854. The molecule has 0 bridgehead atoms. The standard InChI is InChI=1S/C15H24N2O3S/c1-13-4-5-14(20-13)10-16-8-3-6-15(11-16)7-9-17(12-15)21(2,18)19/h4-5H,3,6-12H2,1-2H3/t15-/m1/s1. The maximum Gasteiger partial charge on any atom is 0.211 e. The van der Waals surface area contributed by atoms with Crippen LogP contribution in [0.1, 0.15) is 30.8 Å². The SMILES string of the molecule is Cc1ccc(CN2CCC[C@@]3(CCN(S(C)(=O)=O)C3)C2)o1. The fourth-order valence-corrected chi connectivity index (χ4v) is 4.68. The number of hydrogen-bond acceptors (Lipinski definition) is 4. The molecule has 1 spiro atoms. The summed E-state index contributed by atoms with van der Waals surface area (Å²) in [7, 11) is -3.05. The van der Waals surface area contributed by atoms with Crippen molar-refractivity contribution in [2.24, 2.45) is 5.41 Å². The fraction of sp³-hybridized carbons (Fsp3) is 0.733. The van der Waals surface area contributed by atoms with Crippen LogP contribution in [0, 0.1) is 12.3 Å². The molecule has 0 aliphatic carbocycles. The Morgan fingerprint density at radius 1 is 1.24 bits per heavy atom. The molecule has 3 heterocycles. The van der Waals surface area contributed by atoms with Crippen molar-refractivity contribution in [3.05, 3.63) is 23.7 Å². The van der Waals surface area contributed by atoms with Crippen LogP contribution in [0.15, 0.2) is 16.5 Å². The molecule has 0 unspecified atom stereocenters. The highest BCUT2D eigenvalue weighted by Gasteiger charge is 2.43. The van der Waals surface area contributed by atoms with Gasteiger partial charge in [-0.25, -0.2) is 12.7 Å². The van der Waals surface area contributed by atoms with Gasteiger partial charge in [0.2, 0.25) is 10.0 Å². The van der Waals surface area contributed by atoms with Gasteiger partial charge >= 0.3 is 0 Å². The summed E-state index contributed by atoms with van der Waals surface area (Å²) in [6.07, 6.45) is 4.57. The molecule has 2 aliphatic heterocycles. The highest BCUT2D eigenvalue weighted by Crippen LogP contribution is 2.40. The van der Waals surface area contributed by atoms with Gasteiger partial charge in [0.05, 0.1) is 12.8 Å². The van der Waals surface area contributed by atoms with Crippen LogP contribution in [0.4, 0.5) is 0 Å². The normalized spacial score (nSPS) is 28.5. The van der Waals surface area contributed by atoms with Crippen LogP contribution in [0.3, 0.4) is 0 Å². The molecule has 6 heteroatoms. The molecule has 2 saturated heterocycles. The summed E-state index contributed by atoms with van der Waals surface area (Å²) >= 11 is 0. The molecular weight excluding hydrogens is 288 g/mol. The van der Waals surface area contributed by atoms with E-state index in [1.807, 2.05) is 19.1 Å². The largest absolute Gasteiger partial charge is 0.465 e. The van der Waals surface area contributed by atoms with Gasteiger partial charge in [-0.05, 0) is 50.3 Å². The van der Waals surface area contributed by atoms with Crippen LogP contribution >= 0.6 is 0 Å². The Labute approximate surface area is 127 Å². The molecule has 118 valence electrons. The number of piperidine rings is 1. The summed E-state index contributed by atoms with van der Waals surface area (Å²) in [5.74, 6) is 1.95. The second-order valence-electron chi connectivity index (χ2n) is 6.67. The third kappa shape index (κ3) is 3.33. The van der Waals surface area contributed by atoms with Crippen molar-refractivity contribution in [3.8, 4) is 0 Å². The third-order valence-electron chi connectivity index (χ3n) is 4.79. The molecule has 1 aromatic rings. The monoisotopic (exact) mass is 312 g/mol. The molecule has 0 saturated carbocycles. The summed E-state index contributed by atoms with van der Waals surface area (Å²) in [5, 5.41) is 0. The van der Waals surface area contributed by atoms with E-state index in [4.69, 9.17) is 4.42 Å². The van der Waals surface area contributed by atoms with Crippen molar-refractivity contribution >= 4 is 10.0 Å². The van der Waals surface area contributed by atoms with Gasteiger partial charge in [0, 0.05) is 19.6 Å². The highest BCUT2D eigenvalue weighted by atomic mass is 32.2. The summed E-state index contributed by atoms with van der Waals surface area (Å²) < 4.78 is 30.8. The topological polar surface area (TPSA) is 53.8 Å². The van der Waals surface area contributed by atoms with Crippen molar-refractivity contribution < 1.29 is 12.8 Å². The van der Waals surface area contributed by atoms with Gasteiger partial charge in [-0.1, -0.05) is 0 Å². The van der Waals surface area contributed by atoms with Gasteiger partial charge in [0.1, 0.15) is 11.5 Å². The number of sulfonamides is 1. The lowest BCUT2D eigenvalue weighted by molar-refractivity contribution is 0.0877. The number of likely N-dealkylation sites (tertiary alicyclic amines) is 1. The predicted octanol–water partition coefficient (Wildman–Crippen LogP) is 1.84. The molecule has 0 radical (unpaired) electrons.